The fourth-order valence-electron chi connectivity index (χ4n) is 1.14. The van der Waals surface area contributed by atoms with E-state index in [9.17, 15) is 14.8 Å². The van der Waals surface area contributed by atoms with Crippen LogP contribution in [0.2, 0.25) is 0 Å². The maximum Gasteiger partial charge on any atom is 0.407 e. The van der Waals surface area contributed by atoms with Gasteiger partial charge in [-0.1, -0.05) is 6.92 Å². The molecule has 100 valence electrons. The Balaban J connectivity index is 3.45. The van der Waals surface area contributed by atoms with Crippen LogP contribution in [-0.4, -0.2) is 36.4 Å². The third-order valence-corrected chi connectivity index (χ3v) is 2.07. The summed E-state index contributed by atoms with van der Waals surface area (Å²) < 4.78 is 4.77. The van der Waals surface area contributed by atoms with E-state index in [1.54, 1.807) is 0 Å². The average molecular weight is 247 g/mol. The second kappa shape index (κ2) is 9.86. The summed E-state index contributed by atoms with van der Waals surface area (Å²) >= 11 is 0. The monoisotopic (exact) mass is 247 g/mol. The number of hydrogen-bond acceptors (Lipinski definition) is 5. The van der Waals surface area contributed by atoms with Gasteiger partial charge in [0.05, 0.1) is 12.6 Å². The lowest BCUT2D eigenvalue weighted by molar-refractivity contribution is -0.139. The molecule has 0 aromatic heterocycles. The topological polar surface area (TPSA) is 111 Å². The zero-order chi connectivity index (χ0) is 13.1. The molecule has 0 aliphatic carbocycles. The number of carboxylic acid groups (broad SMARTS) is 1. The van der Waals surface area contributed by atoms with Gasteiger partial charge in [-0.3, -0.25) is 4.79 Å². The summed E-state index contributed by atoms with van der Waals surface area (Å²) in [5.41, 5.74) is 1.47. The molecule has 0 saturated carbocycles. The molecule has 1 unspecified atom stereocenters. The van der Waals surface area contributed by atoms with Crippen molar-refractivity contribution in [3.05, 3.63) is 5.21 Å². The van der Waals surface area contributed by atoms with Gasteiger partial charge in [-0.05, 0) is 25.7 Å². The molecule has 17 heavy (non-hydrogen) atoms. The Labute approximate surface area is 100 Å². The van der Waals surface area contributed by atoms with Crippen molar-refractivity contribution < 1.29 is 19.4 Å². The van der Waals surface area contributed by atoms with Gasteiger partial charge >= 0.3 is 12.1 Å². The van der Waals surface area contributed by atoms with Crippen molar-refractivity contribution in [2.24, 2.45) is 0 Å². The Morgan fingerprint density at radius 2 is 2.12 bits per heavy atom. The Bertz CT molecular complexity index is 235. The molecule has 7 nitrogen and oxygen atoms in total. The molecule has 1 atom stereocenters. The third kappa shape index (κ3) is 8.47. The SMILES string of the molecule is CCCOC(=O)NCCCCC(N[O-])C(=O)O. The lowest BCUT2D eigenvalue weighted by Crippen LogP contribution is -2.32. The highest BCUT2D eigenvalue weighted by Gasteiger charge is 2.11. The van der Waals surface area contributed by atoms with Crippen molar-refractivity contribution in [1.82, 2.24) is 10.8 Å². The molecule has 0 radical (unpaired) electrons. The molecule has 0 aliphatic rings. The molecule has 7 heteroatoms. The summed E-state index contributed by atoms with van der Waals surface area (Å²) in [6, 6.07) is -1.07. The van der Waals surface area contributed by atoms with E-state index in [-0.39, 0.29) is 6.42 Å². The molecule has 0 saturated heterocycles. The second-order valence-electron chi connectivity index (χ2n) is 3.57. The van der Waals surface area contributed by atoms with E-state index in [1.165, 1.54) is 5.48 Å². The first-order valence-electron chi connectivity index (χ1n) is 5.63. The Hall–Kier alpha value is -1.34. The van der Waals surface area contributed by atoms with Crippen molar-refractivity contribution in [3.63, 3.8) is 0 Å². The number of carbonyl (C=O) groups excluding carboxylic acids is 1. The van der Waals surface area contributed by atoms with E-state index < -0.39 is 18.1 Å². The van der Waals surface area contributed by atoms with Crippen LogP contribution < -0.4 is 10.8 Å². The molecule has 0 aromatic carbocycles. The largest absolute Gasteiger partial charge is 0.787 e. The molecule has 0 aromatic rings. The predicted molar refractivity (Wildman–Crippen MR) is 61.4 cm³/mol. The molecule has 0 heterocycles. The highest BCUT2D eigenvalue weighted by molar-refractivity contribution is 5.73. The second-order valence-corrected chi connectivity index (χ2v) is 3.57. The fourth-order valence-corrected chi connectivity index (χ4v) is 1.14. The van der Waals surface area contributed by atoms with Crippen molar-refractivity contribution in [2.75, 3.05) is 13.2 Å². The van der Waals surface area contributed by atoms with Crippen molar-refractivity contribution in [1.29, 1.82) is 0 Å². The molecule has 0 spiro atoms. The Kier molecular flexibility index (Phi) is 9.08. The van der Waals surface area contributed by atoms with Crippen LogP contribution >= 0.6 is 0 Å². The number of unbranched alkanes of at least 4 members (excludes halogenated alkanes) is 1. The van der Waals surface area contributed by atoms with Gasteiger partial charge in [0, 0.05) is 6.54 Å². The van der Waals surface area contributed by atoms with Crippen LogP contribution in [0, 0.1) is 5.21 Å². The Morgan fingerprint density at radius 3 is 2.65 bits per heavy atom. The lowest BCUT2D eigenvalue weighted by atomic mass is 10.1. The highest BCUT2D eigenvalue weighted by Crippen LogP contribution is 2.00. The maximum absolute atomic E-state index is 11.0. The minimum Gasteiger partial charge on any atom is -0.787 e. The number of ether oxygens (including phenoxy) is 1. The summed E-state index contributed by atoms with van der Waals surface area (Å²) in [6.45, 7) is 2.69. The zero-order valence-electron chi connectivity index (χ0n) is 9.90. The maximum atomic E-state index is 11.0. The third-order valence-electron chi connectivity index (χ3n) is 2.07. The quantitative estimate of drug-likeness (QED) is 0.411. The summed E-state index contributed by atoms with van der Waals surface area (Å²) in [4.78, 5) is 21.4. The number of amides is 1. The first-order valence-corrected chi connectivity index (χ1v) is 5.63. The van der Waals surface area contributed by atoms with E-state index in [1.807, 2.05) is 6.92 Å². The van der Waals surface area contributed by atoms with Crippen LogP contribution in [0.3, 0.4) is 0 Å². The molecular weight excluding hydrogens is 228 g/mol. The van der Waals surface area contributed by atoms with Crippen LogP contribution in [0.4, 0.5) is 4.79 Å². The van der Waals surface area contributed by atoms with Crippen molar-refractivity contribution in [3.8, 4) is 0 Å². The summed E-state index contributed by atoms with van der Waals surface area (Å²) in [5.74, 6) is -1.16. The predicted octanol–water partition coefficient (Wildman–Crippen LogP) is 0.833. The molecular formula is C10H19N2O5-. The molecule has 3 N–H and O–H groups in total. The van der Waals surface area contributed by atoms with E-state index in [0.717, 1.165) is 6.42 Å². The molecule has 0 rings (SSSR count). The van der Waals surface area contributed by atoms with E-state index in [4.69, 9.17) is 9.84 Å². The molecule has 0 bridgehead atoms. The molecule has 0 fully saturated rings. The number of nitrogens with one attached hydrogen (secondary N) is 2. The van der Waals surface area contributed by atoms with Gasteiger partial charge in [0.25, 0.3) is 0 Å². The standard InChI is InChI=1S/C10H19N2O5/c1-2-7-17-10(15)11-6-4-3-5-8(12-16)9(13)14/h8,12H,2-7H2,1H3,(H,11,15)(H,13,14)/q-1. The van der Waals surface area contributed by atoms with Gasteiger partial charge in [0.1, 0.15) is 0 Å². The van der Waals surface area contributed by atoms with Gasteiger partial charge in [-0.2, -0.15) is 0 Å². The number of rotatable bonds is 9. The highest BCUT2D eigenvalue weighted by atomic mass is 16.5. The van der Waals surface area contributed by atoms with E-state index in [2.05, 4.69) is 5.32 Å². The van der Waals surface area contributed by atoms with Gasteiger partial charge < -0.3 is 25.8 Å². The minimum atomic E-state index is -1.16. The summed E-state index contributed by atoms with van der Waals surface area (Å²) in [7, 11) is 0. The van der Waals surface area contributed by atoms with Gasteiger partial charge in [-0.25, -0.2) is 4.79 Å². The van der Waals surface area contributed by atoms with Crippen molar-refractivity contribution in [2.45, 2.75) is 38.6 Å². The van der Waals surface area contributed by atoms with E-state index >= 15 is 0 Å². The van der Waals surface area contributed by atoms with E-state index in [0.29, 0.717) is 26.0 Å². The number of alkyl carbamates (subject to hydrolysis) is 1. The Morgan fingerprint density at radius 1 is 1.41 bits per heavy atom. The first-order chi connectivity index (χ1) is 8.11. The van der Waals surface area contributed by atoms with Crippen molar-refractivity contribution >= 4 is 12.1 Å². The van der Waals surface area contributed by atoms with Crippen LogP contribution in [-0.2, 0) is 9.53 Å². The number of hydrogen-bond donors (Lipinski definition) is 3. The number of hydroxylamine groups is 1. The van der Waals surface area contributed by atoms with Crippen LogP contribution in [0.1, 0.15) is 32.6 Å². The minimum absolute atomic E-state index is 0.241. The van der Waals surface area contributed by atoms with Crippen LogP contribution in [0.25, 0.3) is 0 Å². The van der Waals surface area contributed by atoms with Gasteiger partial charge in [0.2, 0.25) is 0 Å². The fraction of sp³-hybridized carbons (Fsp3) is 0.800. The normalized spacial score (nSPS) is 11.9. The van der Waals surface area contributed by atoms with Crippen LogP contribution in [0.15, 0.2) is 0 Å². The average Bonchev–Trinajstić information content (AvgIpc) is 2.30. The molecule has 1 amide bonds. The number of carbonyl (C=O) groups is 2. The van der Waals surface area contributed by atoms with Gasteiger partial charge in [-0.15, -0.1) is 0 Å². The summed E-state index contributed by atoms with van der Waals surface area (Å²) in [6.07, 6.45) is 1.68. The first kappa shape index (κ1) is 15.7. The smallest absolute Gasteiger partial charge is 0.407 e. The zero-order valence-corrected chi connectivity index (χ0v) is 9.90. The molecule has 0 aliphatic heterocycles. The van der Waals surface area contributed by atoms with Crippen LogP contribution in [0.5, 0.6) is 0 Å². The van der Waals surface area contributed by atoms with Gasteiger partial charge in [0.15, 0.2) is 0 Å². The summed E-state index contributed by atoms with van der Waals surface area (Å²) in [5, 5.41) is 21.3. The number of carboxylic acids is 1. The lowest BCUT2D eigenvalue weighted by Gasteiger charge is -2.17. The number of aliphatic carboxylic acids is 1.